The Hall–Kier alpha value is -2.90. The van der Waals surface area contributed by atoms with Crippen molar-refractivity contribution in [1.29, 1.82) is 0 Å². The SMILES string of the molecule is C[C@H]1CCC[C@H]2CCCN(C(=O)c3cc4nc5c(c(C(F)(F)F)n4n3)CCc3ccccc3-5)[C@@H]21. The number of alkyl halides is 3. The van der Waals surface area contributed by atoms with Crippen LogP contribution in [0.4, 0.5) is 13.2 Å². The Bertz CT molecular complexity index is 1280. The van der Waals surface area contributed by atoms with Crippen LogP contribution in [0.3, 0.4) is 0 Å². The molecular weight excluding hydrogens is 441 g/mol. The summed E-state index contributed by atoms with van der Waals surface area (Å²) in [6.45, 7) is 2.81. The van der Waals surface area contributed by atoms with Crippen molar-refractivity contribution in [3.8, 4) is 11.3 Å². The van der Waals surface area contributed by atoms with E-state index >= 15 is 0 Å². The van der Waals surface area contributed by atoms with Gasteiger partial charge in [-0.2, -0.15) is 18.3 Å². The first-order valence-electron chi connectivity index (χ1n) is 12.2. The van der Waals surface area contributed by atoms with Crippen LogP contribution in [-0.4, -0.2) is 38.0 Å². The molecule has 5 nitrogen and oxygen atoms in total. The average Bonchev–Trinajstić information content (AvgIpc) is 3.24. The van der Waals surface area contributed by atoms with Crippen LogP contribution in [0.25, 0.3) is 16.9 Å². The van der Waals surface area contributed by atoms with Crippen molar-refractivity contribution in [3.05, 3.63) is 52.8 Å². The number of hydrogen-bond donors (Lipinski definition) is 0. The highest BCUT2D eigenvalue weighted by Gasteiger charge is 2.42. The molecule has 3 aromatic rings. The Balaban J connectivity index is 1.48. The summed E-state index contributed by atoms with van der Waals surface area (Å²) in [4.78, 5) is 20.1. The summed E-state index contributed by atoms with van der Waals surface area (Å²) in [5.41, 5.74) is 1.51. The largest absolute Gasteiger partial charge is 0.433 e. The van der Waals surface area contributed by atoms with E-state index in [-0.39, 0.29) is 35.3 Å². The third-order valence-electron chi connectivity index (χ3n) is 8.00. The Morgan fingerprint density at radius 1 is 1.09 bits per heavy atom. The summed E-state index contributed by atoms with van der Waals surface area (Å²) in [5, 5.41) is 4.22. The maximum atomic E-state index is 14.3. The number of aromatic nitrogens is 3. The molecule has 1 aliphatic heterocycles. The minimum Gasteiger partial charge on any atom is -0.334 e. The number of aryl methyl sites for hydroxylation is 1. The molecule has 1 aromatic carbocycles. The van der Waals surface area contributed by atoms with Crippen LogP contribution in [0, 0.1) is 11.8 Å². The molecule has 3 aliphatic rings. The summed E-state index contributed by atoms with van der Waals surface area (Å²) in [5.74, 6) is 0.569. The first-order chi connectivity index (χ1) is 16.3. The summed E-state index contributed by atoms with van der Waals surface area (Å²) < 4.78 is 43.9. The normalized spacial score (nSPS) is 24.5. The quantitative estimate of drug-likeness (QED) is 0.470. The lowest BCUT2D eigenvalue weighted by molar-refractivity contribution is -0.143. The summed E-state index contributed by atoms with van der Waals surface area (Å²) in [7, 11) is 0. The molecule has 0 unspecified atom stereocenters. The summed E-state index contributed by atoms with van der Waals surface area (Å²) in [6.07, 6.45) is 1.52. The number of rotatable bonds is 1. The molecule has 6 rings (SSSR count). The smallest absolute Gasteiger partial charge is 0.334 e. The minimum absolute atomic E-state index is 0.0482. The van der Waals surface area contributed by atoms with Gasteiger partial charge in [-0.25, -0.2) is 9.50 Å². The molecule has 8 heteroatoms. The maximum Gasteiger partial charge on any atom is 0.433 e. The molecule has 0 radical (unpaired) electrons. The van der Waals surface area contributed by atoms with E-state index in [2.05, 4.69) is 17.0 Å². The van der Waals surface area contributed by atoms with Crippen LogP contribution in [0.2, 0.25) is 0 Å². The van der Waals surface area contributed by atoms with Crippen LogP contribution in [0.1, 0.15) is 66.3 Å². The molecule has 0 N–H and O–H groups in total. The van der Waals surface area contributed by atoms with E-state index in [1.54, 1.807) is 0 Å². The fourth-order valence-electron chi connectivity index (χ4n) is 6.56. The second-order valence-electron chi connectivity index (χ2n) is 10.0. The molecule has 34 heavy (non-hydrogen) atoms. The Kier molecular flexibility index (Phi) is 4.97. The number of halogens is 3. The highest BCUT2D eigenvalue weighted by molar-refractivity contribution is 5.94. The topological polar surface area (TPSA) is 50.5 Å². The van der Waals surface area contributed by atoms with E-state index in [9.17, 15) is 18.0 Å². The highest BCUT2D eigenvalue weighted by Crippen LogP contribution is 2.42. The van der Waals surface area contributed by atoms with Crippen LogP contribution in [-0.2, 0) is 19.0 Å². The van der Waals surface area contributed by atoms with Crippen molar-refractivity contribution in [1.82, 2.24) is 19.5 Å². The fourth-order valence-corrected chi connectivity index (χ4v) is 6.56. The van der Waals surface area contributed by atoms with Gasteiger partial charge in [-0.1, -0.05) is 37.6 Å². The predicted octanol–water partition coefficient (Wildman–Crippen LogP) is 5.55. The van der Waals surface area contributed by atoms with E-state index in [1.165, 1.54) is 12.5 Å². The summed E-state index contributed by atoms with van der Waals surface area (Å²) >= 11 is 0. The number of hydrogen-bond acceptors (Lipinski definition) is 3. The molecule has 3 atom stereocenters. The van der Waals surface area contributed by atoms with E-state index in [0.717, 1.165) is 41.3 Å². The van der Waals surface area contributed by atoms with E-state index in [0.29, 0.717) is 30.5 Å². The lowest BCUT2D eigenvalue weighted by Crippen LogP contribution is -2.53. The highest BCUT2D eigenvalue weighted by atomic mass is 19.4. The van der Waals surface area contributed by atoms with E-state index in [4.69, 9.17) is 0 Å². The molecule has 2 fully saturated rings. The lowest BCUT2D eigenvalue weighted by atomic mass is 9.73. The Morgan fingerprint density at radius 3 is 2.71 bits per heavy atom. The molecule has 178 valence electrons. The fraction of sp³-hybridized carbons (Fsp3) is 0.500. The van der Waals surface area contributed by atoms with Crippen molar-refractivity contribution in [3.63, 3.8) is 0 Å². The van der Waals surface area contributed by atoms with Gasteiger partial charge in [0.05, 0.1) is 5.69 Å². The minimum atomic E-state index is -4.61. The van der Waals surface area contributed by atoms with Gasteiger partial charge in [0.2, 0.25) is 0 Å². The van der Waals surface area contributed by atoms with Crippen LogP contribution >= 0.6 is 0 Å². The number of piperidine rings is 1. The predicted molar refractivity (Wildman–Crippen MR) is 121 cm³/mol. The Labute approximate surface area is 196 Å². The van der Waals surface area contributed by atoms with Crippen molar-refractivity contribution < 1.29 is 18.0 Å². The van der Waals surface area contributed by atoms with E-state index in [1.807, 2.05) is 29.2 Å². The number of likely N-dealkylation sites (tertiary alicyclic amines) is 1. The second-order valence-corrected chi connectivity index (χ2v) is 10.0. The zero-order chi connectivity index (χ0) is 23.6. The lowest BCUT2D eigenvalue weighted by Gasteiger charge is -2.47. The molecule has 1 saturated carbocycles. The van der Waals surface area contributed by atoms with Gasteiger partial charge >= 0.3 is 6.18 Å². The van der Waals surface area contributed by atoms with Gasteiger partial charge in [-0.15, -0.1) is 0 Å². The van der Waals surface area contributed by atoms with Crippen molar-refractivity contribution in [2.75, 3.05) is 6.54 Å². The van der Waals surface area contributed by atoms with Gasteiger partial charge < -0.3 is 4.90 Å². The van der Waals surface area contributed by atoms with Crippen LogP contribution < -0.4 is 0 Å². The third kappa shape index (κ3) is 3.33. The van der Waals surface area contributed by atoms with Crippen molar-refractivity contribution in [2.24, 2.45) is 11.8 Å². The second kappa shape index (κ2) is 7.82. The van der Waals surface area contributed by atoms with Gasteiger partial charge in [0.25, 0.3) is 5.91 Å². The van der Waals surface area contributed by atoms with Gasteiger partial charge in [-0.3, -0.25) is 4.79 Å². The van der Waals surface area contributed by atoms with Crippen LogP contribution in [0.15, 0.2) is 30.3 Å². The molecular formula is C26H27F3N4O. The molecule has 0 spiro atoms. The first kappa shape index (κ1) is 21.6. The summed E-state index contributed by atoms with van der Waals surface area (Å²) in [6, 6.07) is 9.03. The molecule has 2 aromatic heterocycles. The zero-order valence-electron chi connectivity index (χ0n) is 19.1. The van der Waals surface area contributed by atoms with E-state index < -0.39 is 11.9 Å². The third-order valence-corrected chi connectivity index (χ3v) is 8.00. The van der Waals surface area contributed by atoms with Gasteiger partial charge in [-0.05, 0) is 55.9 Å². The number of benzene rings is 1. The van der Waals surface area contributed by atoms with Crippen LogP contribution in [0.5, 0.6) is 0 Å². The molecule has 2 aliphatic carbocycles. The number of nitrogens with zero attached hydrogens (tertiary/aromatic N) is 4. The van der Waals surface area contributed by atoms with Gasteiger partial charge in [0, 0.05) is 29.8 Å². The van der Waals surface area contributed by atoms with Gasteiger partial charge in [0.15, 0.2) is 17.0 Å². The van der Waals surface area contributed by atoms with Gasteiger partial charge in [0.1, 0.15) is 0 Å². The molecule has 1 saturated heterocycles. The van der Waals surface area contributed by atoms with Crippen molar-refractivity contribution >= 4 is 11.6 Å². The van der Waals surface area contributed by atoms with Crippen molar-refractivity contribution in [2.45, 2.75) is 64.1 Å². The Morgan fingerprint density at radius 2 is 1.88 bits per heavy atom. The number of carbonyl (C=O) groups is 1. The standard InChI is InChI=1S/C26H27F3N4O/c1-15-6-4-8-17-9-5-13-32(23(15)17)25(34)20-14-21-30-22-18-10-3-2-7-16(18)11-12-19(22)24(26(27,28)29)33(21)31-20/h2-3,7,10,14-15,17,23H,4-6,8-9,11-13H2,1H3/t15-,17-,23+/m0/s1. The molecule has 3 heterocycles. The molecule has 1 amide bonds. The number of fused-ring (bicyclic) bond motifs is 5. The molecule has 0 bridgehead atoms. The first-order valence-corrected chi connectivity index (χ1v) is 12.2. The maximum absolute atomic E-state index is 14.3. The number of carbonyl (C=O) groups excluding carboxylic acids is 1. The average molecular weight is 469 g/mol. The monoisotopic (exact) mass is 468 g/mol. The zero-order valence-corrected chi connectivity index (χ0v) is 19.1. The number of amides is 1.